The number of hydrogen-bond acceptors (Lipinski definition) is 4. The summed E-state index contributed by atoms with van der Waals surface area (Å²) >= 11 is 0. The lowest BCUT2D eigenvalue weighted by Crippen LogP contribution is -2.29. The number of benzene rings is 3. The van der Waals surface area contributed by atoms with Crippen LogP contribution in [0.15, 0.2) is 84.0 Å². The maximum absolute atomic E-state index is 13.1. The van der Waals surface area contributed by atoms with Gasteiger partial charge >= 0.3 is 0 Å². The standard InChI is InChI=1S/C26H22FN5O2/c27-21-10-8-18(9-11-21)16-31-17-29-25-23(26(31)34)15-30-32(25)13-12-28-24(33)14-20-6-3-5-19-4-1-2-7-22(19)20/h1-11,15,17H,12-14,16H2,(H,28,33). The van der Waals surface area contributed by atoms with Gasteiger partial charge in [0.05, 0.1) is 25.7 Å². The van der Waals surface area contributed by atoms with E-state index in [1.165, 1.54) is 29.2 Å². The van der Waals surface area contributed by atoms with Crippen LogP contribution in [0.1, 0.15) is 11.1 Å². The molecule has 0 aliphatic carbocycles. The number of carbonyl (C=O) groups excluding carboxylic acids is 1. The molecule has 0 atom stereocenters. The molecule has 0 aliphatic rings. The van der Waals surface area contributed by atoms with Gasteiger partial charge in [0.15, 0.2) is 5.65 Å². The fourth-order valence-electron chi connectivity index (χ4n) is 4.04. The zero-order valence-electron chi connectivity index (χ0n) is 18.3. The van der Waals surface area contributed by atoms with Crippen LogP contribution in [0.25, 0.3) is 21.8 Å². The van der Waals surface area contributed by atoms with Crippen LogP contribution in [-0.2, 0) is 24.3 Å². The first-order valence-electron chi connectivity index (χ1n) is 11.0. The molecule has 0 spiro atoms. The van der Waals surface area contributed by atoms with Crippen molar-refractivity contribution < 1.29 is 9.18 Å². The number of aromatic nitrogens is 4. The predicted molar refractivity (Wildman–Crippen MR) is 128 cm³/mol. The molecule has 34 heavy (non-hydrogen) atoms. The van der Waals surface area contributed by atoms with E-state index in [1.54, 1.807) is 16.8 Å². The van der Waals surface area contributed by atoms with Crippen molar-refractivity contribution in [2.24, 2.45) is 0 Å². The fraction of sp³-hybridized carbons (Fsp3) is 0.154. The summed E-state index contributed by atoms with van der Waals surface area (Å²) in [7, 11) is 0. The van der Waals surface area contributed by atoms with Crippen molar-refractivity contribution in [2.75, 3.05) is 6.54 Å². The van der Waals surface area contributed by atoms with Crippen LogP contribution in [0.2, 0.25) is 0 Å². The van der Waals surface area contributed by atoms with E-state index in [1.807, 2.05) is 42.5 Å². The molecule has 0 saturated carbocycles. The minimum absolute atomic E-state index is 0.0811. The molecule has 170 valence electrons. The fourth-order valence-corrected chi connectivity index (χ4v) is 4.04. The molecule has 0 unspecified atom stereocenters. The highest BCUT2D eigenvalue weighted by Crippen LogP contribution is 2.18. The molecule has 2 heterocycles. The molecule has 1 amide bonds. The van der Waals surface area contributed by atoms with Gasteiger partial charge in [0.25, 0.3) is 5.56 Å². The molecule has 2 aromatic heterocycles. The van der Waals surface area contributed by atoms with Crippen molar-refractivity contribution >= 4 is 27.7 Å². The zero-order chi connectivity index (χ0) is 23.5. The zero-order valence-corrected chi connectivity index (χ0v) is 18.3. The van der Waals surface area contributed by atoms with Gasteiger partial charge in [-0.05, 0) is 34.0 Å². The van der Waals surface area contributed by atoms with Crippen LogP contribution < -0.4 is 10.9 Å². The topological polar surface area (TPSA) is 81.8 Å². The number of fused-ring (bicyclic) bond motifs is 2. The third-order valence-corrected chi connectivity index (χ3v) is 5.77. The van der Waals surface area contributed by atoms with Gasteiger partial charge in [-0.1, -0.05) is 54.6 Å². The number of nitrogens with zero attached hydrogens (tertiary/aromatic N) is 4. The van der Waals surface area contributed by atoms with Crippen LogP contribution in [0.4, 0.5) is 4.39 Å². The summed E-state index contributed by atoms with van der Waals surface area (Å²) in [5.74, 6) is -0.405. The molecule has 0 saturated heterocycles. The summed E-state index contributed by atoms with van der Waals surface area (Å²) in [6.45, 7) is 1.04. The normalized spacial score (nSPS) is 11.2. The Bertz CT molecular complexity index is 1530. The van der Waals surface area contributed by atoms with Crippen LogP contribution in [0.3, 0.4) is 0 Å². The van der Waals surface area contributed by atoms with E-state index in [2.05, 4.69) is 15.4 Å². The highest BCUT2D eigenvalue weighted by Gasteiger charge is 2.11. The molecule has 3 aromatic carbocycles. The molecule has 5 rings (SSSR count). The van der Waals surface area contributed by atoms with E-state index in [-0.39, 0.29) is 30.2 Å². The lowest BCUT2D eigenvalue weighted by Gasteiger charge is -2.09. The Balaban J connectivity index is 1.24. The minimum atomic E-state index is -0.324. The van der Waals surface area contributed by atoms with Crippen LogP contribution in [-0.4, -0.2) is 31.8 Å². The Hall–Kier alpha value is -4.33. The number of halogens is 1. The van der Waals surface area contributed by atoms with Crippen molar-refractivity contribution in [1.29, 1.82) is 0 Å². The molecule has 0 bridgehead atoms. The van der Waals surface area contributed by atoms with Crippen LogP contribution in [0.5, 0.6) is 0 Å². The quantitative estimate of drug-likeness (QED) is 0.408. The molecule has 0 aliphatic heterocycles. The Labute approximate surface area is 194 Å². The lowest BCUT2D eigenvalue weighted by atomic mass is 10.0. The first-order chi connectivity index (χ1) is 16.6. The van der Waals surface area contributed by atoms with Crippen molar-refractivity contribution in [3.8, 4) is 0 Å². The summed E-state index contributed by atoms with van der Waals surface area (Å²) in [6.07, 6.45) is 3.24. The number of amides is 1. The van der Waals surface area contributed by atoms with Crippen molar-refractivity contribution in [3.05, 3.63) is 107 Å². The van der Waals surface area contributed by atoms with E-state index in [0.717, 1.165) is 21.9 Å². The second kappa shape index (κ2) is 9.27. The van der Waals surface area contributed by atoms with Gasteiger partial charge in [-0.3, -0.25) is 14.2 Å². The predicted octanol–water partition coefficient (Wildman–Crippen LogP) is 3.29. The maximum Gasteiger partial charge on any atom is 0.264 e. The average molecular weight is 455 g/mol. The molecule has 7 nitrogen and oxygen atoms in total. The monoisotopic (exact) mass is 455 g/mol. The Kier molecular flexibility index (Phi) is 5.86. The number of hydrogen-bond donors (Lipinski definition) is 1. The van der Waals surface area contributed by atoms with Crippen molar-refractivity contribution in [1.82, 2.24) is 24.6 Å². The number of nitrogens with one attached hydrogen (secondary N) is 1. The summed E-state index contributed by atoms with van der Waals surface area (Å²) in [6, 6.07) is 19.9. The van der Waals surface area contributed by atoms with Gasteiger partial charge in [-0.25, -0.2) is 14.1 Å². The molecule has 0 fully saturated rings. The largest absolute Gasteiger partial charge is 0.354 e. The van der Waals surface area contributed by atoms with Gasteiger partial charge in [0, 0.05) is 6.54 Å². The maximum atomic E-state index is 13.1. The average Bonchev–Trinajstić information content (AvgIpc) is 3.26. The summed E-state index contributed by atoms with van der Waals surface area (Å²) in [4.78, 5) is 29.7. The summed E-state index contributed by atoms with van der Waals surface area (Å²) < 4.78 is 16.2. The first-order valence-corrected chi connectivity index (χ1v) is 11.0. The van der Waals surface area contributed by atoms with E-state index in [0.29, 0.717) is 24.1 Å². The molecule has 8 heteroatoms. The van der Waals surface area contributed by atoms with E-state index in [4.69, 9.17) is 0 Å². The third-order valence-electron chi connectivity index (χ3n) is 5.77. The Morgan fingerprint density at radius 1 is 0.971 bits per heavy atom. The van der Waals surface area contributed by atoms with E-state index < -0.39 is 0 Å². The van der Waals surface area contributed by atoms with Crippen LogP contribution in [0, 0.1) is 5.82 Å². The molecule has 1 N–H and O–H groups in total. The Morgan fingerprint density at radius 2 is 1.76 bits per heavy atom. The second-order valence-corrected chi connectivity index (χ2v) is 8.07. The lowest BCUT2D eigenvalue weighted by molar-refractivity contribution is -0.120. The van der Waals surface area contributed by atoms with Gasteiger partial charge in [-0.15, -0.1) is 0 Å². The SMILES string of the molecule is O=C(Cc1cccc2ccccc12)NCCn1ncc2c(=O)n(Cc3ccc(F)cc3)cnc21. The highest BCUT2D eigenvalue weighted by atomic mass is 19.1. The number of rotatable bonds is 7. The van der Waals surface area contributed by atoms with Gasteiger partial charge in [-0.2, -0.15) is 5.10 Å². The number of carbonyl (C=O) groups is 1. The minimum Gasteiger partial charge on any atom is -0.354 e. The van der Waals surface area contributed by atoms with E-state index in [9.17, 15) is 14.0 Å². The first kappa shape index (κ1) is 21.5. The Morgan fingerprint density at radius 3 is 2.62 bits per heavy atom. The van der Waals surface area contributed by atoms with Gasteiger partial charge < -0.3 is 5.32 Å². The summed E-state index contributed by atoms with van der Waals surface area (Å²) in [5, 5.41) is 9.77. The molecule has 0 radical (unpaired) electrons. The molecular weight excluding hydrogens is 433 g/mol. The highest BCUT2D eigenvalue weighted by molar-refractivity contribution is 5.90. The van der Waals surface area contributed by atoms with Crippen molar-refractivity contribution in [3.63, 3.8) is 0 Å². The second-order valence-electron chi connectivity index (χ2n) is 8.07. The third kappa shape index (κ3) is 4.43. The van der Waals surface area contributed by atoms with Crippen LogP contribution >= 0.6 is 0 Å². The van der Waals surface area contributed by atoms with Gasteiger partial charge in [0.1, 0.15) is 17.5 Å². The summed E-state index contributed by atoms with van der Waals surface area (Å²) in [5.41, 5.74) is 2.01. The van der Waals surface area contributed by atoms with E-state index >= 15 is 0 Å². The van der Waals surface area contributed by atoms with Crippen molar-refractivity contribution in [2.45, 2.75) is 19.5 Å². The molecule has 5 aromatic rings. The molecular formula is C26H22FN5O2. The smallest absolute Gasteiger partial charge is 0.264 e. The van der Waals surface area contributed by atoms with Gasteiger partial charge in [0.2, 0.25) is 5.91 Å².